The van der Waals surface area contributed by atoms with Crippen molar-refractivity contribution in [2.75, 3.05) is 7.11 Å². The van der Waals surface area contributed by atoms with E-state index in [1.165, 1.54) is 20.1 Å². The molecule has 0 aromatic carbocycles. The van der Waals surface area contributed by atoms with Crippen LogP contribution in [0.25, 0.3) is 0 Å². The summed E-state index contributed by atoms with van der Waals surface area (Å²) in [5.74, 6) is -1.07. The molecule has 5 nitrogen and oxygen atoms in total. The van der Waals surface area contributed by atoms with Crippen LogP contribution in [0.3, 0.4) is 0 Å². The number of ether oxygens (including phenoxy) is 2. The van der Waals surface area contributed by atoms with E-state index in [0.717, 1.165) is 25.7 Å². The fourth-order valence-electron chi connectivity index (χ4n) is 3.05. The highest BCUT2D eigenvalue weighted by molar-refractivity contribution is 6.46. The fraction of sp³-hybridized carbons (Fsp3) is 0.522. The zero-order valence-electron chi connectivity index (χ0n) is 17.5. The first-order valence-corrected chi connectivity index (χ1v) is 10.5. The lowest BCUT2D eigenvalue weighted by Gasteiger charge is -2.27. The van der Waals surface area contributed by atoms with Crippen LogP contribution in [0, 0.1) is 0 Å². The van der Waals surface area contributed by atoms with Crippen LogP contribution >= 0.6 is 11.6 Å². The van der Waals surface area contributed by atoms with Gasteiger partial charge in [0.05, 0.1) is 12.1 Å². The van der Waals surface area contributed by atoms with Gasteiger partial charge in [0.1, 0.15) is 0 Å². The lowest BCUT2D eigenvalue weighted by molar-refractivity contribution is -0.149. The standard InChI is InChI=1S/C23H31ClO5/c1-4-5-6-7-10-13-16-23(29-18(2)25)17-20(24)22(27)19(23)14-11-8-9-12-15-21(26)28-3/h8,10-11,13-14,17H,4-7,9,12,15-16H2,1-3H3/b11-8+,13-10-,19-14-. The van der Waals surface area contributed by atoms with Crippen LogP contribution in [0.5, 0.6) is 0 Å². The molecule has 1 aliphatic rings. The van der Waals surface area contributed by atoms with Gasteiger partial charge in [-0.2, -0.15) is 0 Å². The molecule has 0 heterocycles. The van der Waals surface area contributed by atoms with E-state index in [9.17, 15) is 14.4 Å². The maximum Gasteiger partial charge on any atom is 0.305 e. The molecule has 0 N–H and O–H groups in total. The molecule has 0 radical (unpaired) electrons. The average Bonchev–Trinajstić information content (AvgIpc) is 2.90. The third-order valence-electron chi connectivity index (χ3n) is 4.54. The third kappa shape index (κ3) is 8.40. The van der Waals surface area contributed by atoms with Crippen LogP contribution in [0.2, 0.25) is 0 Å². The fourth-order valence-corrected chi connectivity index (χ4v) is 3.33. The smallest absolute Gasteiger partial charge is 0.305 e. The number of allylic oxidation sites excluding steroid dienone is 5. The van der Waals surface area contributed by atoms with Crippen LogP contribution in [-0.4, -0.2) is 30.4 Å². The van der Waals surface area contributed by atoms with Gasteiger partial charge in [0, 0.05) is 25.3 Å². The highest BCUT2D eigenvalue weighted by Gasteiger charge is 2.44. The summed E-state index contributed by atoms with van der Waals surface area (Å²) in [4.78, 5) is 35.4. The lowest BCUT2D eigenvalue weighted by atomic mass is 9.91. The summed E-state index contributed by atoms with van der Waals surface area (Å²) < 4.78 is 10.2. The van der Waals surface area contributed by atoms with Crippen LogP contribution < -0.4 is 0 Å². The van der Waals surface area contributed by atoms with Crippen LogP contribution in [0.4, 0.5) is 0 Å². The number of rotatable bonds is 12. The zero-order valence-corrected chi connectivity index (χ0v) is 18.3. The van der Waals surface area contributed by atoms with Crippen LogP contribution in [-0.2, 0) is 23.9 Å². The molecule has 0 bridgehead atoms. The Morgan fingerprint density at radius 2 is 1.86 bits per heavy atom. The summed E-state index contributed by atoms with van der Waals surface area (Å²) in [6.45, 7) is 3.47. The Kier molecular flexibility index (Phi) is 11.3. The predicted molar refractivity (Wildman–Crippen MR) is 114 cm³/mol. The van der Waals surface area contributed by atoms with Gasteiger partial charge in [0.25, 0.3) is 0 Å². The van der Waals surface area contributed by atoms with Crippen molar-refractivity contribution < 1.29 is 23.9 Å². The zero-order chi connectivity index (χ0) is 21.7. The number of halogens is 1. The summed E-state index contributed by atoms with van der Waals surface area (Å²) in [7, 11) is 1.36. The Hall–Kier alpha value is -2.14. The SMILES string of the molecule is CCCCC/C=C\CC1(OC(C)=O)C=C(Cl)C(=O)/C1=C/C=C/CCCC(=O)OC. The summed E-state index contributed by atoms with van der Waals surface area (Å²) in [6.07, 6.45) is 17.1. The summed E-state index contributed by atoms with van der Waals surface area (Å²) in [6, 6.07) is 0. The average molecular weight is 423 g/mol. The van der Waals surface area contributed by atoms with Gasteiger partial charge in [0.2, 0.25) is 5.78 Å². The van der Waals surface area contributed by atoms with E-state index in [-0.39, 0.29) is 16.8 Å². The molecule has 0 amide bonds. The summed E-state index contributed by atoms with van der Waals surface area (Å²) in [5.41, 5.74) is -0.849. The first-order valence-electron chi connectivity index (χ1n) is 10.1. The van der Waals surface area contributed by atoms with Crippen LogP contribution in [0.15, 0.2) is 47.1 Å². The van der Waals surface area contributed by atoms with Gasteiger partial charge in [-0.05, 0) is 31.8 Å². The quantitative estimate of drug-likeness (QED) is 0.183. The van der Waals surface area contributed by atoms with Crippen molar-refractivity contribution in [3.8, 4) is 0 Å². The topological polar surface area (TPSA) is 69.7 Å². The number of ketones is 1. The molecule has 0 fully saturated rings. The van der Waals surface area contributed by atoms with Crippen molar-refractivity contribution in [2.45, 2.75) is 70.8 Å². The predicted octanol–water partition coefficient (Wildman–Crippen LogP) is 5.35. The van der Waals surface area contributed by atoms with Crippen molar-refractivity contribution in [3.63, 3.8) is 0 Å². The third-order valence-corrected chi connectivity index (χ3v) is 4.82. The van der Waals surface area contributed by atoms with E-state index >= 15 is 0 Å². The first kappa shape index (κ1) is 24.9. The molecule has 0 aromatic rings. The van der Waals surface area contributed by atoms with Gasteiger partial charge in [-0.15, -0.1) is 0 Å². The Morgan fingerprint density at radius 3 is 2.52 bits per heavy atom. The second-order valence-electron chi connectivity index (χ2n) is 6.95. The number of hydrogen-bond acceptors (Lipinski definition) is 5. The van der Waals surface area contributed by atoms with E-state index in [0.29, 0.717) is 31.3 Å². The Morgan fingerprint density at radius 1 is 1.14 bits per heavy atom. The normalized spacial score (nSPS) is 20.6. The molecule has 0 aliphatic heterocycles. The molecule has 0 saturated heterocycles. The number of Topliss-reactive ketones (excluding diaryl/α,β-unsaturated/α-hetero) is 1. The minimum absolute atomic E-state index is 0.0518. The first-order chi connectivity index (χ1) is 13.9. The number of esters is 2. The van der Waals surface area contributed by atoms with E-state index in [4.69, 9.17) is 16.3 Å². The Bertz CT molecular complexity index is 702. The molecule has 29 heavy (non-hydrogen) atoms. The molecular formula is C23H31ClO5. The molecule has 1 rings (SSSR count). The maximum absolute atomic E-state index is 12.5. The molecule has 160 valence electrons. The molecule has 6 heteroatoms. The van der Waals surface area contributed by atoms with E-state index < -0.39 is 11.6 Å². The Labute approximate surface area is 178 Å². The van der Waals surface area contributed by atoms with Gasteiger partial charge in [-0.25, -0.2) is 0 Å². The summed E-state index contributed by atoms with van der Waals surface area (Å²) >= 11 is 6.10. The second-order valence-corrected chi connectivity index (χ2v) is 7.36. The van der Waals surface area contributed by atoms with Gasteiger partial charge in [-0.1, -0.05) is 61.7 Å². The molecule has 0 spiro atoms. The molecule has 0 aromatic heterocycles. The molecule has 0 saturated carbocycles. The molecular weight excluding hydrogens is 392 g/mol. The highest BCUT2D eigenvalue weighted by atomic mass is 35.5. The largest absolute Gasteiger partial charge is 0.469 e. The monoisotopic (exact) mass is 422 g/mol. The Balaban J connectivity index is 2.90. The van der Waals surface area contributed by atoms with Gasteiger partial charge < -0.3 is 9.47 Å². The minimum Gasteiger partial charge on any atom is -0.469 e. The van der Waals surface area contributed by atoms with E-state index in [2.05, 4.69) is 11.7 Å². The number of unbranched alkanes of at least 4 members (excludes halogenated alkanes) is 4. The van der Waals surface area contributed by atoms with Gasteiger partial charge >= 0.3 is 11.9 Å². The van der Waals surface area contributed by atoms with Gasteiger partial charge in [-0.3, -0.25) is 14.4 Å². The van der Waals surface area contributed by atoms with Crippen molar-refractivity contribution in [2.24, 2.45) is 0 Å². The molecule has 1 atom stereocenters. The minimum atomic E-state index is -1.18. The highest BCUT2D eigenvalue weighted by Crippen LogP contribution is 2.39. The number of carbonyl (C=O) groups excluding carboxylic acids is 3. The second kappa shape index (κ2) is 13.2. The maximum atomic E-state index is 12.5. The van der Waals surface area contributed by atoms with Crippen LogP contribution in [0.1, 0.15) is 65.2 Å². The van der Waals surface area contributed by atoms with Crippen molar-refractivity contribution in [1.82, 2.24) is 0 Å². The number of hydrogen-bond donors (Lipinski definition) is 0. The lowest BCUT2D eigenvalue weighted by Crippen LogP contribution is -2.33. The molecule has 1 aliphatic carbocycles. The van der Waals surface area contributed by atoms with Crippen molar-refractivity contribution in [1.29, 1.82) is 0 Å². The van der Waals surface area contributed by atoms with E-state index in [1.54, 1.807) is 12.2 Å². The molecule has 1 unspecified atom stereocenters. The summed E-state index contributed by atoms with van der Waals surface area (Å²) in [5, 5.41) is 0.0518. The van der Waals surface area contributed by atoms with Crippen molar-refractivity contribution in [3.05, 3.63) is 47.1 Å². The van der Waals surface area contributed by atoms with Gasteiger partial charge in [0.15, 0.2) is 5.60 Å². The number of carbonyl (C=O) groups is 3. The number of methoxy groups -OCH3 is 1. The van der Waals surface area contributed by atoms with Crippen molar-refractivity contribution >= 4 is 29.3 Å². The van der Waals surface area contributed by atoms with E-state index in [1.807, 2.05) is 18.2 Å².